The molecule has 12 aromatic rings. The van der Waals surface area contributed by atoms with E-state index in [0.29, 0.717) is 17.5 Å². The Morgan fingerprint density at radius 3 is 1.37 bits per heavy atom. The Morgan fingerprint density at radius 1 is 0.298 bits per heavy atom. The molecule has 6 heteroatoms. The lowest BCUT2D eigenvalue weighted by Gasteiger charge is -2.11. The second kappa shape index (κ2) is 12.3. The maximum absolute atomic E-state index is 6.44. The number of nitrogens with zero attached hydrogens (tertiary/aromatic N) is 5. The van der Waals surface area contributed by atoms with E-state index in [-0.39, 0.29) is 0 Å². The van der Waals surface area contributed by atoms with Crippen LogP contribution in [-0.2, 0) is 0 Å². The van der Waals surface area contributed by atoms with Gasteiger partial charge in [0.15, 0.2) is 17.5 Å². The average molecular weight is 730 g/mol. The molecule has 0 aliphatic carbocycles. The first kappa shape index (κ1) is 31.5. The minimum atomic E-state index is 0.629. The van der Waals surface area contributed by atoms with E-state index >= 15 is 0 Å². The molecule has 266 valence electrons. The Morgan fingerprint density at radius 2 is 0.737 bits per heavy atom. The van der Waals surface area contributed by atoms with Gasteiger partial charge in [-0.25, -0.2) is 15.0 Å². The maximum Gasteiger partial charge on any atom is 0.164 e. The fourth-order valence-corrected chi connectivity index (χ4v) is 8.53. The Bertz CT molecular complexity index is 3430. The van der Waals surface area contributed by atoms with Crippen LogP contribution in [0.1, 0.15) is 0 Å². The van der Waals surface area contributed by atoms with Crippen LogP contribution in [0.25, 0.3) is 111 Å². The zero-order valence-electron chi connectivity index (χ0n) is 30.5. The fourth-order valence-electron chi connectivity index (χ4n) is 8.53. The SMILES string of the molecule is c1ccc(-c2nc(-c3ccccc3)nc(-c3ccc(-n4c5ccccc5c5cc6c(cc54)c4cc5oc7ccccc7c5cc4n6-c4ccccc4)cc3)n2)cc1. The van der Waals surface area contributed by atoms with Crippen LogP contribution in [0.2, 0.25) is 0 Å². The summed E-state index contributed by atoms with van der Waals surface area (Å²) in [6.45, 7) is 0. The van der Waals surface area contributed by atoms with Crippen molar-refractivity contribution in [2.24, 2.45) is 0 Å². The molecule has 12 rings (SSSR count). The van der Waals surface area contributed by atoms with Gasteiger partial charge in [-0.1, -0.05) is 115 Å². The quantitative estimate of drug-likeness (QED) is 0.177. The lowest BCUT2D eigenvalue weighted by Crippen LogP contribution is -2.00. The lowest BCUT2D eigenvalue weighted by atomic mass is 10.1. The van der Waals surface area contributed by atoms with Crippen molar-refractivity contribution in [1.82, 2.24) is 24.1 Å². The third-order valence-electron chi connectivity index (χ3n) is 11.2. The predicted octanol–water partition coefficient (Wildman–Crippen LogP) is 13.0. The molecule has 0 saturated carbocycles. The molecule has 0 bridgehead atoms. The van der Waals surface area contributed by atoms with Crippen molar-refractivity contribution in [3.63, 3.8) is 0 Å². The third kappa shape index (κ3) is 4.94. The number of benzene rings is 8. The molecule has 8 aromatic carbocycles. The molecular formula is C51H31N5O. The van der Waals surface area contributed by atoms with E-state index in [1.807, 2.05) is 72.8 Å². The van der Waals surface area contributed by atoms with Crippen LogP contribution in [0, 0.1) is 0 Å². The fraction of sp³-hybridized carbons (Fsp3) is 0. The number of fused-ring (bicyclic) bond motifs is 9. The highest BCUT2D eigenvalue weighted by Crippen LogP contribution is 2.42. The van der Waals surface area contributed by atoms with E-state index < -0.39 is 0 Å². The van der Waals surface area contributed by atoms with Gasteiger partial charge in [0.05, 0.1) is 22.1 Å². The summed E-state index contributed by atoms with van der Waals surface area (Å²) in [5, 5.41) is 6.93. The number of para-hydroxylation sites is 3. The molecule has 0 aliphatic rings. The van der Waals surface area contributed by atoms with E-state index in [9.17, 15) is 0 Å². The summed E-state index contributed by atoms with van der Waals surface area (Å²) < 4.78 is 11.2. The molecule has 0 spiro atoms. The second-order valence-corrected chi connectivity index (χ2v) is 14.5. The van der Waals surface area contributed by atoms with Crippen molar-refractivity contribution >= 4 is 65.6 Å². The molecule has 0 amide bonds. The Labute approximate surface area is 326 Å². The molecular weight excluding hydrogens is 699 g/mol. The Balaban J connectivity index is 1.07. The number of hydrogen-bond donors (Lipinski definition) is 0. The van der Waals surface area contributed by atoms with Gasteiger partial charge >= 0.3 is 0 Å². The third-order valence-corrected chi connectivity index (χ3v) is 11.2. The van der Waals surface area contributed by atoms with Crippen molar-refractivity contribution in [3.8, 4) is 45.5 Å². The van der Waals surface area contributed by atoms with Gasteiger partial charge < -0.3 is 13.6 Å². The van der Waals surface area contributed by atoms with Crippen molar-refractivity contribution in [2.75, 3.05) is 0 Å². The van der Waals surface area contributed by atoms with Crippen LogP contribution >= 0.6 is 0 Å². The molecule has 4 aromatic heterocycles. The van der Waals surface area contributed by atoms with E-state index in [2.05, 4.69) is 124 Å². The normalized spacial score (nSPS) is 11.9. The summed E-state index contributed by atoms with van der Waals surface area (Å²) in [7, 11) is 0. The van der Waals surface area contributed by atoms with Gasteiger partial charge in [0.25, 0.3) is 0 Å². The van der Waals surface area contributed by atoms with Crippen LogP contribution < -0.4 is 0 Å². The van der Waals surface area contributed by atoms with Crippen LogP contribution in [-0.4, -0.2) is 24.1 Å². The number of aromatic nitrogens is 5. The molecule has 0 N–H and O–H groups in total. The second-order valence-electron chi connectivity index (χ2n) is 14.5. The summed E-state index contributed by atoms with van der Waals surface area (Å²) in [6.07, 6.45) is 0. The van der Waals surface area contributed by atoms with E-state index in [1.165, 1.54) is 10.8 Å². The van der Waals surface area contributed by atoms with Crippen molar-refractivity contribution < 1.29 is 4.42 Å². The van der Waals surface area contributed by atoms with Gasteiger partial charge in [-0.3, -0.25) is 0 Å². The van der Waals surface area contributed by atoms with Gasteiger partial charge in [-0.2, -0.15) is 0 Å². The monoisotopic (exact) mass is 729 g/mol. The first-order chi connectivity index (χ1) is 28.2. The van der Waals surface area contributed by atoms with Gasteiger partial charge in [-0.15, -0.1) is 0 Å². The highest BCUT2D eigenvalue weighted by Gasteiger charge is 2.21. The minimum Gasteiger partial charge on any atom is -0.456 e. The summed E-state index contributed by atoms with van der Waals surface area (Å²) in [4.78, 5) is 14.8. The highest BCUT2D eigenvalue weighted by atomic mass is 16.3. The first-order valence-electron chi connectivity index (χ1n) is 19.1. The summed E-state index contributed by atoms with van der Waals surface area (Å²) in [5.41, 5.74) is 11.3. The summed E-state index contributed by atoms with van der Waals surface area (Å²) in [5.74, 6) is 1.91. The molecule has 0 fully saturated rings. The molecule has 0 saturated heterocycles. The molecule has 0 radical (unpaired) electrons. The van der Waals surface area contributed by atoms with Gasteiger partial charge in [0.1, 0.15) is 11.2 Å². The topological polar surface area (TPSA) is 61.7 Å². The molecule has 0 unspecified atom stereocenters. The van der Waals surface area contributed by atoms with E-state index in [1.54, 1.807) is 0 Å². The van der Waals surface area contributed by atoms with E-state index in [0.717, 1.165) is 82.8 Å². The molecule has 4 heterocycles. The lowest BCUT2D eigenvalue weighted by molar-refractivity contribution is 0.669. The first-order valence-corrected chi connectivity index (χ1v) is 19.1. The number of hydrogen-bond acceptors (Lipinski definition) is 4. The maximum atomic E-state index is 6.44. The largest absolute Gasteiger partial charge is 0.456 e. The zero-order valence-corrected chi connectivity index (χ0v) is 30.5. The number of furan rings is 1. The van der Waals surface area contributed by atoms with Crippen molar-refractivity contribution in [1.29, 1.82) is 0 Å². The van der Waals surface area contributed by atoms with Crippen LogP contribution in [0.15, 0.2) is 192 Å². The summed E-state index contributed by atoms with van der Waals surface area (Å²) in [6, 6.07) is 65.6. The molecule has 0 atom stereocenters. The van der Waals surface area contributed by atoms with Crippen LogP contribution in [0.4, 0.5) is 0 Å². The molecule has 57 heavy (non-hydrogen) atoms. The van der Waals surface area contributed by atoms with Gasteiger partial charge in [0, 0.05) is 60.4 Å². The van der Waals surface area contributed by atoms with Gasteiger partial charge in [0.2, 0.25) is 0 Å². The number of rotatable bonds is 5. The molecule has 6 nitrogen and oxygen atoms in total. The highest BCUT2D eigenvalue weighted by molar-refractivity contribution is 6.21. The van der Waals surface area contributed by atoms with Crippen molar-refractivity contribution in [2.45, 2.75) is 0 Å². The van der Waals surface area contributed by atoms with Crippen LogP contribution in [0.3, 0.4) is 0 Å². The minimum absolute atomic E-state index is 0.629. The summed E-state index contributed by atoms with van der Waals surface area (Å²) >= 11 is 0. The van der Waals surface area contributed by atoms with Crippen LogP contribution in [0.5, 0.6) is 0 Å². The Kier molecular flexibility index (Phi) is 6.83. The standard InChI is InChI=1S/C51H31N5O/c1-4-14-32(15-5-1)49-52-50(33-16-6-2-7-17-33)54-51(53-49)34-24-26-36(27-25-34)55-43-22-12-10-20-37(43)39-28-45-40(29-44(39)55)41-31-48-42(38-21-11-13-23-47(38)57-48)30-46(41)56(45)35-18-8-3-9-19-35/h1-31H. The molecule has 0 aliphatic heterocycles. The smallest absolute Gasteiger partial charge is 0.164 e. The van der Waals surface area contributed by atoms with Crippen molar-refractivity contribution in [3.05, 3.63) is 188 Å². The average Bonchev–Trinajstić information content (AvgIpc) is 3.92. The Hall–Kier alpha value is -7.83. The zero-order chi connectivity index (χ0) is 37.5. The van der Waals surface area contributed by atoms with E-state index in [4.69, 9.17) is 19.4 Å². The predicted molar refractivity (Wildman–Crippen MR) is 232 cm³/mol. The van der Waals surface area contributed by atoms with Gasteiger partial charge in [-0.05, 0) is 72.8 Å².